The Labute approximate surface area is 112 Å². The molecule has 0 bridgehead atoms. The van der Waals surface area contributed by atoms with Crippen LogP contribution in [0.5, 0.6) is 17.4 Å². The predicted octanol–water partition coefficient (Wildman–Crippen LogP) is 3.45. The molecule has 0 amide bonds. The summed E-state index contributed by atoms with van der Waals surface area (Å²) in [6.45, 7) is 4.36. The van der Waals surface area contributed by atoms with Gasteiger partial charge in [0.2, 0.25) is 5.88 Å². The molecule has 0 atom stereocenters. The zero-order valence-corrected chi connectivity index (χ0v) is 10.9. The number of hydrogen-bond donors (Lipinski definition) is 0. The largest absolute Gasteiger partial charge is 0.494 e. The zero-order chi connectivity index (χ0) is 13.7. The summed E-state index contributed by atoms with van der Waals surface area (Å²) in [5.41, 5.74) is 1.29. The molecule has 0 saturated heterocycles. The zero-order valence-electron chi connectivity index (χ0n) is 10.9. The number of ether oxygens (including phenoxy) is 2. The molecule has 2 rings (SSSR count). The smallest absolute Gasteiger partial charge is 0.237 e. The highest BCUT2D eigenvalue weighted by molar-refractivity contribution is 5.46. The lowest BCUT2D eigenvalue weighted by atomic mass is 10.2. The highest BCUT2D eigenvalue weighted by Gasteiger charge is 2.09. The summed E-state index contributed by atoms with van der Waals surface area (Å²) in [5, 5.41) is 9.12. The molecular weight excluding hydrogens is 240 g/mol. The van der Waals surface area contributed by atoms with Crippen LogP contribution in [0.1, 0.15) is 18.1 Å². The van der Waals surface area contributed by atoms with E-state index in [1.165, 1.54) is 0 Å². The van der Waals surface area contributed by atoms with Gasteiger partial charge in [-0.15, -0.1) is 0 Å². The van der Waals surface area contributed by atoms with Crippen molar-refractivity contribution in [1.29, 1.82) is 5.26 Å². The van der Waals surface area contributed by atoms with E-state index in [0.29, 0.717) is 23.8 Å². The van der Waals surface area contributed by atoms with Crippen LogP contribution < -0.4 is 9.47 Å². The Kier molecular flexibility index (Phi) is 3.99. The molecule has 0 unspecified atom stereocenters. The molecule has 0 spiro atoms. The molecule has 1 aromatic carbocycles. The first kappa shape index (κ1) is 12.9. The number of nitrogens with zero attached hydrogens (tertiary/aromatic N) is 2. The second-order valence-electron chi connectivity index (χ2n) is 3.93. The van der Waals surface area contributed by atoms with Gasteiger partial charge in [0, 0.05) is 12.3 Å². The van der Waals surface area contributed by atoms with Crippen molar-refractivity contribution < 1.29 is 9.47 Å². The van der Waals surface area contributed by atoms with E-state index in [9.17, 15) is 0 Å². The SMILES string of the molecule is CCOc1cccc(Oc2nccc(C)c2C#N)c1. The Balaban J connectivity index is 2.29. The van der Waals surface area contributed by atoms with Crippen molar-refractivity contribution in [3.63, 3.8) is 0 Å². The number of aromatic nitrogens is 1. The Morgan fingerprint density at radius 2 is 2.05 bits per heavy atom. The summed E-state index contributed by atoms with van der Waals surface area (Å²) in [6, 6.07) is 11.1. The Morgan fingerprint density at radius 3 is 2.79 bits per heavy atom. The Bertz CT molecular complexity index is 618. The van der Waals surface area contributed by atoms with E-state index in [1.807, 2.05) is 26.0 Å². The van der Waals surface area contributed by atoms with E-state index < -0.39 is 0 Å². The van der Waals surface area contributed by atoms with E-state index >= 15 is 0 Å². The number of nitriles is 1. The molecule has 0 N–H and O–H groups in total. The summed E-state index contributed by atoms with van der Waals surface area (Å²) in [6.07, 6.45) is 1.62. The molecule has 0 saturated carbocycles. The van der Waals surface area contributed by atoms with Crippen LogP contribution in [0.15, 0.2) is 36.5 Å². The van der Waals surface area contributed by atoms with Gasteiger partial charge >= 0.3 is 0 Å². The van der Waals surface area contributed by atoms with E-state index in [0.717, 1.165) is 11.3 Å². The fourth-order valence-electron chi connectivity index (χ4n) is 1.65. The van der Waals surface area contributed by atoms with E-state index in [2.05, 4.69) is 11.1 Å². The second kappa shape index (κ2) is 5.87. The van der Waals surface area contributed by atoms with Gasteiger partial charge in [-0.05, 0) is 37.6 Å². The Hall–Kier alpha value is -2.54. The topological polar surface area (TPSA) is 55.1 Å². The van der Waals surface area contributed by atoms with Crippen molar-refractivity contribution in [3.8, 4) is 23.4 Å². The van der Waals surface area contributed by atoms with E-state index in [1.54, 1.807) is 24.4 Å². The first-order valence-electron chi connectivity index (χ1n) is 6.01. The van der Waals surface area contributed by atoms with Gasteiger partial charge in [-0.25, -0.2) is 4.98 Å². The van der Waals surface area contributed by atoms with Gasteiger partial charge in [-0.2, -0.15) is 5.26 Å². The van der Waals surface area contributed by atoms with Crippen LogP contribution in [-0.2, 0) is 0 Å². The molecule has 0 aliphatic rings. The summed E-state index contributed by atoms with van der Waals surface area (Å²) < 4.78 is 11.1. The fourth-order valence-corrected chi connectivity index (χ4v) is 1.65. The number of rotatable bonds is 4. The van der Waals surface area contributed by atoms with E-state index in [4.69, 9.17) is 14.7 Å². The number of aryl methyl sites for hydroxylation is 1. The molecule has 4 nitrogen and oxygen atoms in total. The fraction of sp³-hybridized carbons (Fsp3) is 0.200. The summed E-state index contributed by atoms with van der Waals surface area (Å²) >= 11 is 0. The van der Waals surface area contributed by atoms with Crippen LogP contribution in [0, 0.1) is 18.3 Å². The van der Waals surface area contributed by atoms with Gasteiger partial charge in [0.15, 0.2) is 0 Å². The van der Waals surface area contributed by atoms with Crippen molar-refractivity contribution in [2.24, 2.45) is 0 Å². The molecule has 0 fully saturated rings. The molecule has 0 aliphatic heterocycles. The van der Waals surface area contributed by atoms with Crippen LogP contribution in [0.2, 0.25) is 0 Å². The Morgan fingerprint density at radius 1 is 1.26 bits per heavy atom. The first-order chi connectivity index (χ1) is 9.24. The molecule has 2 aromatic rings. The maximum atomic E-state index is 9.12. The molecule has 96 valence electrons. The lowest BCUT2D eigenvalue weighted by Gasteiger charge is -2.09. The van der Waals surface area contributed by atoms with Crippen LogP contribution in [0.3, 0.4) is 0 Å². The van der Waals surface area contributed by atoms with Crippen LogP contribution in [-0.4, -0.2) is 11.6 Å². The molecule has 19 heavy (non-hydrogen) atoms. The third kappa shape index (κ3) is 3.02. The summed E-state index contributed by atoms with van der Waals surface area (Å²) in [5.74, 6) is 1.64. The standard InChI is InChI=1S/C15H14N2O2/c1-3-18-12-5-4-6-13(9-12)19-15-14(10-16)11(2)7-8-17-15/h4-9H,3H2,1-2H3. The number of benzene rings is 1. The normalized spacial score (nSPS) is 9.74. The first-order valence-corrected chi connectivity index (χ1v) is 6.01. The third-order valence-corrected chi connectivity index (χ3v) is 2.57. The van der Waals surface area contributed by atoms with Crippen molar-refractivity contribution in [3.05, 3.63) is 47.7 Å². The van der Waals surface area contributed by atoms with Crippen LogP contribution in [0.25, 0.3) is 0 Å². The van der Waals surface area contributed by atoms with Crippen LogP contribution >= 0.6 is 0 Å². The van der Waals surface area contributed by atoms with Gasteiger partial charge in [0.05, 0.1) is 6.61 Å². The maximum absolute atomic E-state index is 9.12. The van der Waals surface area contributed by atoms with Gasteiger partial charge in [0.1, 0.15) is 23.1 Å². The minimum absolute atomic E-state index is 0.316. The maximum Gasteiger partial charge on any atom is 0.237 e. The lowest BCUT2D eigenvalue weighted by Crippen LogP contribution is -1.95. The average Bonchev–Trinajstić information content (AvgIpc) is 2.40. The molecule has 1 heterocycles. The van der Waals surface area contributed by atoms with Crippen molar-refractivity contribution in [2.45, 2.75) is 13.8 Å². The summed E-state index contributed by atoms with van der Waals surface area (Å²) in [7, 11) is 0. The average molecular weight is 254 g/mol. The van der Waals surface area contributed by atoms with Crippen molar-refractivity contribution in [1.82, 2.24) is 4.98 Å². The van der Waals surface area contributed by atoms with Crippen molar-refractivity contribution >= 4 is 0 Å². The van der Waals surface area contributed by atoms with E-state index in [-0.39, 0.29) is 0 Å². The van der Waals surface area contributed by atoms with Crippen LogP contribution in [0.4, 0.5) is 0 Å². The van der Waals surface area contributed by atoms with Gasteiger partial charge in [-0.3, -0.25) is 0 Å². The molecule has 1 aromatic heterocycles. The highest BCUT2D eigenvalue weighted by atomic mass is 16.5. The van der Waals surface area contributed by atoms with Gasteiger partial charge < -0.3 is 9.47 Å². The molecule has 4 heteroatoms. The molecular formula is C15H14N2O2. The predicted molar refractivity (Wildman–Crippen MR) is 71.4 cm³/mol. The lowest BCUT2D eigenvalue weighted by molar-refractivity contribution is 0.338. The minimum atomic E-state index is 0.316. The molecule has 0 aliphatic carbocycles. The summed E-state index contributed by atoms with van der Waals surface area (Å²) in [4.78, 5) is 4.10. The number of hydrogen-bond acceptors (Lipinski definition) is 4. The highest BCUT2D eigenvalue weighted by Crippen LogP contribution is 2.27. The van der Waals surface area contributed by atoms with Gasteiger partial charge in [0.25, 0.3) is 0 Å². The third-order valence-electron chi connectivity index (χ3n) is 2.57. The van der Waals surface area contributed by atoms with Gasteiger partial charge in [-0.1, -0.05) is 6.07 Å². The monoisotopic (exact) mass is 254 g/mol. The quantitative estimate of drug-likeness (QED) is 0.838. The van der Waals surface area contributed by atoms with Crippen molar-refractivity contribution in [2.75, 3.05) is 6.61 Å². The molecule has 0 radical (unpaired) electrons. The number of pyridine rings is 1. The second-order valence-corrected chi connectivity index (χ2v) is 3.93. The minimum Gasteiger partial charge on any atom is -0.494 e.